The van der Waals surface area contributed by atoms with E-state index in [1.807, 2.05) is 6.20 Å². The van der Waals surface area contributed by atoms with Gasteiger partial charge in [0.25, 0.3) is 0 Å². The number of hydrogen-bond donors (Lipinski definition) is 3. The van der Waals surface area contributed by atoms with Crippen LogP contribution in [0.2, 0.25) is 0 Å². The van der Waals surface area contributed by atoms with Crippen LogP contribution in [0.3, 0.4) is 0 Å². The SMILES string of the molecule is Fc1ccc(-c2cn3c(n2)CCC(NC2C4CC5CNC2C5C4)C3)c(F)c1.O=C(O)C(F)(F)F. The van der Waals surface area contributed by atoms with Gasteiger partial charge < -0.3 is 20.3 Å². The van der Waals surface area contributed by atoms with Gasteiger partial charge in [0.05, 0.1) is 5.69 Å². The number of carbonyl (C=O) groups is 1. The highest BCUT2D eigenvalue weighted by Crippen LogP contribution is 2.51. The quantitative estimate of drug-likeness (QED) is 0.583. The normalized spacial score (nSPS) is 31.2. The van der Waals surface area contributed by atoms with Crippen molar-refractivity contribution >= 4 is 5.97 Å². The Balaban J connectivity index is 0.000000304. The van der Waals surface area contributed by atoms with Gasteiger partial charge in [-0.2, -0.15) is 13.2 Å². The molecule has 6 rings (SSSR count). The van der Waals surface area contributed by atoms with Crippen LogP contribution >= 0.6 is 0 Å². The molecule has 6 nitrogen and oxygen atoms in total. The molecule has 3 N–H and O–H groups in total. The van der Waals surface area contributed by atoms with Crippen molar-refractivity contribution in [2.75, 3.05) is 6.54 Å². The van der Waals surface area contributed by atoms with Gasteiger partial charge in [0.1, 0.15) is 17.5 Å². The second kappa shape index (κ2) is 8.60. The molecule has 2 saturated carbocycles. The third kappa shape index (κ3) is 4.31. The Morgan fingerprint density at radius 2 is 1.97 bits per heavy atom. The molecule has 1 saturated heterocycles. The summed E-state index contributed by atoms with van der Waals surface area (Å²) in [5, 5.41) is 14.8. The molecule has 11 heteroatoms. The number of aromatic nitrogens is 2. The number of alkyl halides is 3. The molecule has 0 radical (unpaired) electrons. The molecule has 2 bridgehead atoms. The Kier molecular flexibility index (Phi) is 5.87. The number of nitrogens with zero attached hydrogens (tertiary/aromatic N) is 2. The van der Waals surface area contributed by atoms with Crippen LogP contribution in [0.15, 0.2) is 24.4 Å². The molecular weight excluding hydrogens is 459 g/mol. The highest BCUT2D eigenvalue weighted by atomic mass is 19.4. The first-order valence-corrected chi connectivity index (χ1v) is 11.4. The smallest absolute Gasteiger partial charge is 0.475 e. The number of nitrogens with one attached hydrogen (secondary N) is 2. The topological polar surface area (TPSA) is 79.2 Å². The molecule has 6 unspecified atom stereocenters. The Bertz CT molecular complexity index is 1090. The van der Waals surface area contributed by atoms with E-state index < -0.39 is 23.8 Å². The standard InChI is InChI=1S/C21H24F2N4.C2HF3O2/c22-13-1-3-15(17(23)7-13)18-10-27-9-14(2-4-19(27)26-18)25-20-11-5-12-8-24-21(20)16(12)6-11;3-2(4,5)1(6)7/h1,3,7,10-12,14,16,20-21,24-25H,2,4-6,8-9H2;(H,6,7). The minimum Gasteiger partial charge on any atom is -0.475 e. The summed E-state index contributed by atoms with van der Waals surface area (Å²) in [7, 11) is 0. The zero-order valence-electron chi connectivity index (χ0n) is 18.2. The number of fused-ring (bicyclic) bond motifs is 2. The molecule has 2 aliphatic heterocycles. The zero-order chi connectivity index (χ0) is 24.2. The van der Waals surface area contributed by atoms with Gasteiger partial charge in [-0.15, -0.1) is 0 Å². The van der Waals surface area contributed by atoms with E-state index in [2.05, 4.69) is 20.2 Å². The summed E-state index contributed by atoms with van der Waals surface area (Å²) >= 11 is 0. The van der Waals surface area contributed by atoms with E-state index in [9.17, 15) is 22.0 Å². The molecule has 2 aliphatic carbocycles. The summed E-state index contributed by atoms with van der Waals surface area (Å²) in [4.78, 5) is 13.5. The van der Waals surface area contributed by atoms with Gasteiger partial charge >= 0.3 is 12.1 Å². The van der Waals surface area contributed by atoms with E-state index >= 15 is 0 Å². The molecule has 4 aliphatic rings. The van der Waals surface area contributed by atoms with Crippen molar-refractivity contribution in [1.29, 1.82) is 0 Å². The van der Waals surface area contributed by atoms with Gasteiger partial charge in [-0.1, -0.05) is 0 Å². The average molecular weight is 484 g/mol. The number of aryl methyl sites for hydroxylation is 1. The van der Waals surface area contributed by atoms with Gasteiger partial charge in [-0.25, -0.2) is 18.6 Å². The summed E-state index contributed by atoms with van der Waals surface area (Å²) in [6.07, 6.45) is 1.55. The Labute approximate surface area is 192 Å². The summed E-state index contributed by atoms with van der Waals surface area (Å²) in [5.74, 6) is -0.243. The van der Waals surface area contributed by atoms with Gasteiger partial charge in [-0.05, 0) is 55.7 Å². The fraction of sp³-hybridized carbons (Fsp3) is 0.565. The van der Waals surface area contributed by atoms with Gasteiger partial charge in [0.15, 0.2) is 0 Å². The lowest BCUT2D eigenvalue weighted by molar-refractivity contribution is -0.192. The highest BCUT2D eigenvalue weighted by molar-refractivity contribution is 5.73. The van der Waals surface area contributed by atoms with Crippen LogP contribution in [0.25, 0.3) is 11.3 Å². The van der Waals surface area contributed by atoms with E-state index in [0.29, 0.717) is 29.4 Å². The number of rotatable bonds is 3. The van der Waals surface area contributed by atoms with Crippen LogP contribution in [0.1, 0.15) is 25.1 Å². The molecule has 1 aromatic carbocycles. The van der Waals surface area contributed by atoms with Crippen LogP contribution in [-0.4, -0.2) is 51.5 Å². The molecule has 184 valence electrons. The van der Waals surface area contributed by atoms with Gasteiger partial charge in [0, 0.05) is 48.9 Å². The van der Waals surface area contributed by atoms with Crippen LogP contribution in [0.5, 0.6) is 0 Å². The fourth-order valence-corrected chi connectivity index (χ4v) is 6.21. The van der Waals surface area contributed by atoms with Crippen molar-refractivity contribution in [1.82, 2.24) is 20.2 Å². The summed E-state index contributed by atoms with van der Waals surface area (Å²) < 4.78 is 61.2. The van der Waals surface area contributed by atoms with E-state index in [-0.39, 0.29) is 0 Å². The predicted octanol–water partition coefficient (Wildman–Crippen LogP) is 3.36. The molecule has 6 atom stereocenters. The number of benzene rings is 1. The second-order valence-corrected chi connectivity index (χ2v) is 9.64. The Hall–Kier alpha value is -2.53. The maximum atomic E-state index is 14.1. The van der Waals surface area contributed by atoms with Crippen LogP contribution in [-0.2, 0) is 17.8 Å². The molecule has 0 spiro atoms. The van der Waals surface area contributed by atoms with E-state index in [4.69, 9.17) is 9.90 Å². The molecule has 0 amide bonds. The summed E-state index contributed by atoms with van der Waals surface area (Å²) in [6, 6.07) is 5.38. The molecule has 3 fully saturated rings. The first-order chi connectivity index (χ1) is 16.1. The van der Waals surface area contributed by atoms with E-state index in [1.54, 1.807) is 0 Å². The monoisotopic (exact) mass is 484 g/mol. The number of aliphatic carboxylic acids is 1. The molecule has 2 aromatic rings. The number of carboxylic acids is 1. The first-order valence-electron chi connectivity index (χ1n) is 11.4. The van der Waals surface area contributed by atoms with E-state index in [0.717, 1.165) is 49.0 Å². The third-order valence-corrected chi connectivity index (χ3v) is 7.63. The first kappa shape index (κ1) is 23.2. The van der Waals surface area contributed by atoms with Gasteiger partial charge in [0.2, 0.25) is 0 Å². The molecular formula is C23H25F5N4O2. The Morgan fingerprint density at radius 1 is 1.21 bits per heavy atom. The number of imidazole rings is 1. The number of carboxylic acid groups (broad SMARTS) is 1. The maximum Gasteiger partial charge on any atom is 0.490 e. The van der Waals surface area contributed by atoms with Gasteiger partial charge in [-0.3, -0.25) is 0 Å². The van der Waals surface area contributed by atoms with Crippen LogP contribution < -0.4 is 10.6 Å². The third-order valence-electron chi connectivity index (χ3n) is 7.63. The highest BCUT2D eigenvalue weighted by Gasteiger charge is 2.56. The van der Waals surface area contributed by atoms with Crippen molar-refractivity contribution in [3.8, 4) is 11.3 Å². The van der Waals surface area contributed by atoms with Crippen LogP contribution in [0.4, 0.5) is 22.0 Å². The van der Waals surface area contributed by atoms with Crippen molar-refractivity contribution in [3.63, 3.8) is 0 Å². The van der Waals surface area contributed by atoms with E-state index in [1.165, 1.54) is 31.5 Å². The lowest BCUT2D eigenvalue weighted by Crippen LogP contribution is -2.53. The largest absolute Gasteiger partial charge is 0.490 e. The number of hydrogen-bond acceptors (Lipinski definition) is 4. The molecule has 34 heavy (non-hydrogen) atoms. The predicted molar refractivity (Wildman–Crippen MR) is 112 cm³/mol. The lowest BCUT2D eigenvalue weighted by Gasteiger charge is -2.34. The maximum absolute atomic E-state index is 14.1. The Morgan fingerprint density at radius 3 is 2.68 bits per heavy atom. The minimum atomic E-state index is -5.08. The summed E-state index contributed by atoms with van der Waals surface area (Å²) in [5.41, 5.74) is 0.973. The van der Waals surface area contributed by atoms with Crippen molar-refractivity contribution < 1.29 is 31.9 Å². The molecule has 1 aromatic heterocycles. The van der Waals surface area contributed by atoms with Crippen molar-refractivity contribution in [2.45, 2.75) is 56.5 Å². The number of halogens is 5. The lowest BCUT2D eigenvalue weighted by atomic mass is 9.86. The second-order valence-electron chi connectivity index (χ2n) is 9.64. The average Bonchev–Trinajstić information content (AvgIpc) is 3.48. The van der Waals surface area contributed by atoms with Crippen molar-refractivity contribution in [2.24, 2.45) is 17.8 Å². The minimum absolute atomic E-state index is 0.372. The zero-order valence-corrected chi connectivity index (χ0v) is 18.2. The van der Waals surface area contributed by atoms with Crippen LogP contribution in [0, 0.1) is 29.4 Å². The molecule has 3 heterocycles. The van der Waals surface area contributed by atoms with Crippen molar-refractivity contribution in [3.05, 3.63) is 41.9 Å². The summed E-state index contributed by atoms with van der Waals surface area (Å²) in [6.45, 7) is 2.07. The fourth-order valence-electron chi connectivity index (χ4n) is 6.21.